The van der Waals surface area contributed by atoms with Gasteiger partial charge in [-0.3, -0.25) is 4.90 Å². The van der Waals surface area contributed by atoms with Gasteiger partial charge in [-0.1, -0.05) is 27.7 Å². The minimum absolute atomic E-state index is 0.197. The maximum absolute atomic E-state index is 6.33. The van der Waals surface area contributed by atoms with Crippen LogP contribution >= 0.6 is 0 Å². The zero-order valence-corrected chi connectivity index (χ0v) is 14.9. The number of hydrogen-bond acceptors (Lipinski definition) is 3. The first-order valence-electron chi connectivity index (χ1n) is 8.79. The van der Waals surface area contributed by atoms with E-state index in [1.807, 2.05) is 0 Å². The molecule has 3 heteroatoms. The van der Waals surface area contributed by atoms with E-state index in [9.17, 15) is 0 Å². The summed E-state index contributed by atoms with van der Waals surface area (Å²) in [6.45, 7) is 15.7. The summed E-state index contributed by atoms with van der Waals surface area (Å²) in [5.74, 6) is 0. The molecule has 0 aromatic heterocycles. The highest BCUT2D eigenvalue weighted by molar-refractivity contribution is 5.05. The number of nitrogens with two attached hydrogens (primary N) is 1. The Hall–Kier alpha value is -0.120. The SMILES string of the molecule is CCOC1CCN(C2(CN)CC(C)(C)CC(C)(C)C2)CC1. The third kappa shape index (κ3) is 4.00. The van der Waals surface area contributed by atoms with E-state index >= 15 is 0 Å². The average Bonchev–Trinajstić information content (AvgIpc) is 2.36. The summed E-state index contributed by atoms with van der Waals surface area (Å²) in [4.78, 5) is 2.70. The van der Waals surface area contributed by atoms with E-state index in [2.05, 4.69) is 39.5 Å². The fourth-order valence-corrected chi connectivity index (χ4v) is 5.49. The van der Waals surface area contributed by atoms with E-state index in [-0.39, 0.29) is 5.54 Å². The summed E-state index contributed by atoms with van der Waals surface area (Å²) in [5, 5.41) is 0. The Labute approximate surface area is 131 Å². The van der Waals surface area contributed by atoms with Crippen molar-refractivity contribution in [1.82, 2.24) is 4.90 Å². The molecule has 0 bridgehead atoms. The molecular weight excluding hydrogens is 260 g/mol. The van der Waals surface area contributed by atoms with Crippen LogP contribution in [0.5, 0.6) is 0 Å². The monoisotopic (exact) mass is 296 g/mol. The van der Waals surface area contributed by atoms with Crippen molar-refractivity contribution in [2.75, 3.05) is 26.2 Å². The molecule has 124 valence electrons. The fourth-order valence-electron chi connectivity index (χ4n) is 5.49. The Balaban J connectivity index is 2.11. The second-order valence-corrected chi connectivity index (χ2v) is 8.93. The molecule has 2 N–H and O–H groups in total. The van der Waals surface area contributed by atoms with Gasteiger partial charge < -0.3 is 10.5 Å². The van der Waals surface area contributed by atoms with Crippen molar-refractivity contribution in [2.45, 2.75) is 78.4 Å². The predicted molar refractivity (Wildman–Crippen MR) is 89.4 cm³/mol. The molecular formula is C18H36N2O. The van der Waals surface area contributed by atoms with Gasteiger partial charge in [0.1, 0.15) is 0 Å². The van der Waals surface area contributed by atoms with Gasteiger partial charge in [-0.05, 0) is 49.9 Å². The Morgan fingerprint density at radius 1 is 1.00 bits per heavy atom. The van der Waals surface area contributed by atoms with Gasteiger partial charge in [0.2, 0.25) is 0 Å². The molecule has 1 aliphatic heterocycles. The van der Waals surface area contributed by atoms with Gasteiger partial charge in [0.05, 0.1) is 6.10 Å². The predicted octanol–water partition coefficient (Wildman–Crippen LogP) is 3.42. The number of likely N-dealkylation sites (tertiary alicyclic amines) is 1. The van der Waals surface area contributed by atoms with Crippen LogP contribution in [-0.4, -0.2) is 42.8 Å². The minimum Gasteiger partial charge on any atom is -0.378 e. The molecule has 0 aromatic rings. The summed E-state index contributed by atoms with van der Waals surface area (Å²) in [6, 6.07) is 0. The van der Waals surface area contributed by atoms with Crippen LogP contribution in [0, 0.1) is 10.8 Å². The standard InChI is InChI=1S/C18H36N2O/c1-6-21-15-7-9-20(10-8-15)18(14-19)12-16(2,3)11-17(4,5)13-18/h15H,6-14,19H2,1-5H3. The van der Waals surface area contributed by atoms with Crippen molar-refractivity contribution in [1.29, 1.82) is 0 Å². The molecule has 2 aliphatic rings. The Morgan fingerprint density at radius 2 is 1.52 bits per heavy atom. The van der Waals surface area contributed by atoms with Crippen LogP contribution in [0.4, 0.5) is 0 Å². The third-order valence-electron chi connectivity index (χ3n) is 5.47. The number of rotatable bonds is 4. The summed E-state index contributed by atoms with van der Waals surface area (Å²) in [6.07, 6.45) is 6.56. The van der Waals surface area contributed by atoms with Crippen LogP contribution in [0.15, 0.2) is 0 Å². The molecule has 0 amide bonds. The van der Waals surface area contributed by atoms with Gasteiger partial charge >= 0.3 is 0 Å². The van der Waals surface area contributed by atoms with Crippen LogP contribution in [0.2, 0.25) is 0 Å². The molecule has 0 atom stereocenters. The molecule has 1 heterocycles. The Bertz CT molecular complexity index is 327. The van der Waals surface area contributed by atoms with Crippen LogP contribution in [0.1, 0.15) is 66.7 Å². The second kappa shape index (κ2) is 6.17. The van der Waals surface area contributed by atoms with Gasteiger partial charge in [0.15, 0.2) is 0 Å². The molecule has 2 fully saturated rings. The number of hydrogen-bond donors (Lipinski definition) is 1. The molecule has 1 aliphatic carbocycles. The number of nitrogens with zero attached hydrogens (tertiary/aromatic N) is 1. The van der Waals surface area contributed by atoms with Gasteiger partial charge in [-0.2, -0.15) is 0 Å². The molecule has 21 heavy (non-hydrogen) atoms. The number of ether oxygens (including phenoxy) is 1. The van der Waals surface area contributed by atoms with Gasteiger partial charge in [0, 0.05) is 31.8 Å². The van der Waals surface area contributed by atoms with Crippen molar-refractivity contribution in [3.8, 4) is 0 Å². The summed E-state index contributed by atoms with van der Waals surface area (Å²) >= 11 is 0. The number of piperidine rings is 1. The first-order chi connectivity index (χ1) is 9.72. The molecule has 2 rings (SSSR count). The first kappa shape index (κ1) is 17.2. The lowest BCUT2D eigenvalue weighted by atomic mass is 9.57. The molecule has 1 saturated carbocycles. The smallest absolute Gasteiger partial charge is 0.0599 e. The van der Waals surface area contributed by atoms with E-state index < -0.39 is 0 Å². The molecule has 3 nitrogen and oxygen atoms in total. The summed E-state index contributed by atoms with van der Waals surface area (Å²) < 4.78 is 5.81. The van der Waals surface area contributed by atoms with Gasteiger partial charge in [-0.25, -0.2) is 0 Å². The highest BCUT2D eigenvalue weighted by Gasteiger charge is 2.50. The van der Waals surface area contributed by atoms with Crippen molar-refractivity contribution in [3.05, 3.63) is 0 Å². The molecule has 0 radical (unpaired) electrons. The molecule has 1 saturated heterocycles. The van der Waals surface area contributed by atoms with E-state index in [0.717, 1.165) is 39.1 Å². The average molecular weight is 296 g/mol. The van der Waals surface area contributed by atoms with Crippen molar-refractivity contribution in [3.63, 3.8) is 0 Å². The highest BCUT2D eigenvalue weighted by Crippen LogP contribution is 2.52. The van der Waals surface area contributed by atoms with E-state index in [1.54, 1.807) is 0 Å². The lowest BCUT2D eigenvalue weighted by Crippen LogP contribution is -2.62. The zero-order chi connectivity index (χ0) is 15.7. The van der Waals surface area contributed by atoms with E-state index in [1.165, 1.54) is 19.3 Å². The molecule has 0 aromatic carbocycles. The summed E-state index contributed by atoms with van der Waals surface area (Å²) in [5.41, 5.74) is 7.30. The van der Waals surface area contributed by atoms with Gasteiger partial charge in [0.25, 0.3) is 0 Å². The lowest BCUT2D eigenvalue weighted by molar-refractivity contribution is -0.0739. The third-order valence-corrected chi connectivity index (χ3v) is 5.47. The van der Waals surface area contributed by atoms with Crippen molar-refractivity contribution >= 4 is 0 Å². The molecule has 0 unspecified atom stereocenters. The van der Waals surface area contributed by atoms with Crippen LogP contribution in [0.25, 0.3) is 0 Å². The second-order valence-electron chi connectivity index (χ2n) is 8.93. The van der Waals surface area contributed by atoms with Crippen molar-refractivity contribution < 1.29 is 4.74 Å². The highest BCUT2D eigenvalue weighted by atomic mass is 16.5. The quantitative estimate of drug-likeness (QED) is 0.864. The maximum Gasteiger partial charge on any atom is 0.0599 e. The fraction of sp³-hybridized carbons (Fsp3) is 1.00. The van der Waals surface area contributed by atoms with Crippen molar-refractivity contribution in [2.24, 2.45) is 16.6 Å². The Kier molecular flexibility index (Phi) is 5.07. The lowest BCUT2D eigenvalue weighted by Gasteiger charge is -2.57. The van der Waals surface area contributed by atoms with Gasteiger partial charge in [-0.15, -0.1) is 0 Å². The van der Waals surface area contributed by atoms with E-state index in [4.69, 9.17) is 10.5 Å². The summed E-state index contributed by atoms with van der Waals surface area (Å²) in [7, 11) is 0. The Morgan fingerprint density at radius 3 is 1.95 bits per heavy atom. The normalized spacial score (nSPS) is 29.4. The minimum atomic E-state index is 0.197. The molecule has 0 spiro atoms. The maximum atomic E-state index is 6.33. The van der Waals surface area contributed by atoms with Crippen LogP contribution in [-0.2, 0) is 4.74 Å². The van der Waals surface area contributed by atoms with E-state index in [0.29, 0.717) is 16.9 Å². The largest absolute Gasteiger partial charge is 0.378 e. The first-order valence-corrected chi connectivity index (χ1v) is 8.79. The zero-order valence-electron chi connectivity index (χ0n) is 14.9. The van der Waals surface area contributed by atoms with Crippen LogP contribution in [0.3, 0.4) is 0 Å². The van der Waals surface area contributed by atoms with Crippen LogP contribution < -0.4 is 5.73 Å². The topological polar surface area (TPSA) is 38.5 Å².